The van der Waals surface area contributed by atoms with E-state index in [4.69, 9.17) is 14.2 Å². The first-order valence-electron chi connectivity index (χ1n) is 13.2. The molecule has 2 saturated heterocycles. The highest BCUT2D eigenvalue weighted by Gasteiger charge is 2.41. The molecule has 0 atom stereocenters. The molecule has 196 valence electrons. The molecule has 1 amide bonds. The van der Waals surface area contributed by atoms with Crippen molar-refractivity contribution in [2.75, 3.05) is 26.2 Å². The first-order valence-corrected chi connectivity index (χ1v) is 14.0. The van der Waals surface area contributed by atoms with E-state index in [9.17, 15) is 4.79 Å². The van der Waals surface area contributed by atoms with E-state index in [2.05, 4.69) is 39.7 Å². The van der Waals surface area contributed by atoms with E-state index in [0.29, 0.717) is 24.0 Å². The molecule has 3 fully saturated rings. The zero-order valence-electron chi connectivity index (χ0n) is 22.0. The number of pyridine rings is 1. The molecule has 0 spiro atoms. The van der Waals surface area contributed by atoms with Gasteiger partial charge < -0.3 is 19.1 Å². The van der Waals surface area contributed by atoms with Gasteiger partial charge in [-0.05, 0) is 72.3 Å². The number of piperidine rings is 2. The summed E-state index contributed by atoms with van der Waals surface area (Å²) in [5.41, 5.74) is -0.319. The quantitative estimate of drug-likeness (QED) is 0.454. The number of nitrogens with zero attached hydrogens (tertiary/aromatic N) is 3. The van der Waals surface area contributed by atoms with E-state index in [1.165, 1.54) is 0 Å². The van der Waals surface area contributed by atoms with Gasteiger partial charge in [0.1, 0.15) is 11.7 Å². The van der Waals surface area contributed by atoms with Crippen LogP contribution in [0.1, 0.15) is 73.1 Å². The number of ether oxygens (including phenoxy) is 3. The summed E-state index contributed by atoms with van der Waals surface area (Å²) in [6.07, 6.45) is 8.51. The number of likely N-dealkylation sites (tertiary alicyclic amines) is 2. The number of carbonyl (C=O) groups is 1. The zero-order chi connectivity index (χ0) is 25.2. The van der Waals surface area contributed by atoms with Gasteiger partial charge in [0.05, 0.1) is 12.2 Å². The van der Waals surface area contributed by atoms with Crippen molar-refractivity contribution in [2.24, 2.45) is 5.92 Å². The Morgan fingerprint density at radius 2 is 1.63 bits per heavy atom. The number of aromatic nitrogens is 1. The maximum absolute atomic E-state index is 12.4. The molecule has 0 aromatic carbocycles. The molecule has 0 unspecified atom stereocenters. The molecule has 35 heavy (non-hydrogen) atoms. The Kier molecular flexibility index (Phi) is 8.33. The lowest BCUT2D eigenvalue weighted by atomic mass is 9.78. The Balaban J connectivity index is 1.16. The molecule has 1 aliphatic carbocycles. The average molecular weight is 553 g/mol. The van der Waals surface area contributed by atoms with Crippen molar-refractivity contribution >= 4 is 22.0 Å². The number of carbonyl (C=O) groups excluding carboxylic acids is 1. The number of hydrogen-bond acceptors (Lipinski definition) is 6. The Labute approximate surface area is 219 Å². The zero-order valence-corrected chi connectivity index (χ0v) is 23.6. The van der Waals surface area contributed by atoms with E-state index >= 15 is 0 Å². The van der Waals surface area contributed by atoms with Crippen LogP contribution >= 0.6 is 15.9 Å². The first kappa shape index (κ1) is 26.7. The fourth-order valence-electron chi connectivity index (χ4n) is 5.54. The van der Waals surface area contributed by atoms with Crippen LogP contribution in [0.15, 0.2) is 22.8 Å². The predicted molar refractivity (Wildman–Crippen MR) is 140 cm³/mol. The van der Waals surface area contributed by atoms with Crippen molar-refractivity contribution in [2.45, 2.75) is 103 Å². The normalized spacial score (nSPS) is 25.3. The van der Waals surface area contributed by atoms with E-state index < -0.39 is 5.60 Å². The van der Waals surface area contributed by atoms with E-state index in [1.807, 2.05) is 37.8 Å². The highest BCUT2D eigenvalue weighted by molar-refractivity contribution is 9.10. The lowest BCUT2D eigenvalue weighted by Crippen LogP contribution is -2.56. The summed E-state index contributed by atoms with van der Waals surface area (Å²) in [5, 5.41) is 0. The van der Waals surface area contributed by atoms with Gasteiger partial charge in [-0.1, -0.05) is 15.9 Å². The van der Waals surface area contributed by atoms with Crippen molar-refractivity contribution in [1.29, 1.82) is 0 Å². The van der Waals surface area contributed by atoms with Crippen LogP contribution in [0.4, 0.5) is 4.79 Å². The molecule has 3 heterocycles. The van der Waals surface area contributed by atoms with Gasteiger partial charge in [-0.25, -0.2) is 9.78 Å². The van der Waals surface area contributed by atoms with Gasteiger partial charge in [0.15, 0.2) is 0 Å². The van der Waals surface area contributed by atoms with Crippen LogP contribution < -0.4 is 4.74 Å². The van der Waals surface area contributed by atoms with E-state index in [-0.39, 0.29) is 17.7 Å². The van der Waals surface area contributed by atoms with Crippen LogP contribution in [0.5, 0.6) is 5.88 Å². The molecule has 8 heteroatoms. The molecule has 1 aromatic heterocycles. The first-order chi connectivity index (χ1) is 16.5. The van der Waals surface area contributed by atoms with Crippen molar-refractivity contribution < 1.29 is 19.0 Å². The molecule has 4 rings (SSSR count). The molecular weight excluding hydrogens is 510 g/mol. The topological polar surface area (TPSA) is 64.1 Å². The number of halogens is 1. The molecule has 2 aliphatic heterocycles. The minimum atomic E-state index is -0.441. The lowest BCUT2D eigenvalue weighted by molar-refractivity contribution is -0.119. The summed E-state index contributed by atoms with van der Waals surface area (Å²) in [5.74, 6) is 1.25. The Hall–Kier alpha value is -1.38. The van der Waals surface area contributed by atoms with Crippen LogP contribution in [-0.2, 0) is 9.47 Å². The highest BCUT2D eigenvalue weighted by atomic mass is 79.9. The second-order valence-corrected chi connectivity index (χ2v) is 12.8. The third kappa shape index (κ3) is 7.10. The second kappa shape index (κ2) is 10.9. The third-order valence-electron chi connectivity index (χ3n) is 7.82. The summed E-state index contributed by atoms with van der Waals surface area (Å²) in [6.45, 7) is 14.2. The number of hydrogen-bond donors (Lipinski definition) is 0. The third-order valence-corrected chi connectivity index (χ3v) is 8.32. The molecule has 0 N–H and O–H groups in total. The SMILES string of the molecule is CC(C)(C)OC(=O)N1CCC(C(C)(C)N2CCC(OC3CC(Oc4cc(Br)ccn4)C3)CC2)CC1. The van der Waals surface area contributed by atoms with Gasteiger partial charge in [0, 0.05) is 61.3 Å². The van der Waals surface area contributed by atoms with Crippen molar-refractivity contribution in [3.8, 4) is 5.88 Å². The Bertz CT molecular complexity index is 852. The fraction of sp³-hybridized carbons (Fsp3) is 0.778. The van der Waals surface area contributed by atoms with Gasteiger partial charge in [-0.15, -0.1) is 0 Å². The Morgan fingerprint density at radius 3 is 2.23 bits per heavy atom. The van der Waals surface area contributed by atoms with Gasteiger partial charge in [0.2, 0.25) is 5.88 Å². The lowest BCUT2D eigenvalue weighted by Gasteiger charge is -2.50. The maximum atomic E-state index is 12.4. The molecule has 1 saturated carbocycles. The summed E-state index contributed by atoms with van der Waals surface area (Å²) in [6, 6.07) is 3.81. The minimum Gasteiger partial charge on any atom is -0.474 e. The average Bonchev–Trinajstić information content (AvgIpc) is 2.77. The molecule has 3 aliphatic rings. The van der Waals surface area contributed by atoms with Gasteiger partial charge in [0.25, 0.3) is 0 Å². The number of rotatable bonds is 6. The summed E-state index contributed by atoms with van der Waals surface area (Å²) >= 11 is 3.46. The predicted octanol–water partition coefficient (Wildman–Crippen LogP) is 5.66. The van der Waals surface area contributed by atoms with Crippen molar-refractivity contribution in [3.63, 3.8) is 0 Å². The highest BCUT2D eigenvalue weighted by Crippen LogP contribution is 2.36. The van der Waals surface area contributed by atoms with Gasteiger partial charge >= 0.3 is 6.09 Å². The maximum Gasteiger partial charge on any atom is 0.410 e. The second-order valence-electron chi connectivity index (χ2n) is 11.9. The minimum absolute atomic E-state index is 0.122. The molecule has 7 nitrogen and oxygen atoms in total. The smallest absolute Gasteiger partial charge is 0.410 e. The van der Waals surface area contributed by atoms with Gasteiger partial charge in [-0.3, -0.25) is 4.90 Å². The van der Waals surface area contributed by atoms with Crippen LogP contribution in [-0.4, -0.2) is 76.5 Å². The summed E-state index contributed by atoms with van der Waals surface area (Å²) < 4.78 is 18.9. The molecule has 1 aromatic rings. The van der Waals surface area contributed by atoms with Crippen LogP contribution in [0.3, 0.4) is 0 Å². The van der Waals surface area contributed by atoms with Crippen LogP contribution in [0.2, 0.25) is 0 Å². The summed E-state index contributed by atoms with van der Waals surface area (Å²) in [7, 11) is 0. The van der Waals surface area contributed by atoms with Crippen LogP contribution in [0, 0.1) is 5.92 Å². The fourth-order valence-corrected chi connectivity index (χ4v) is 5.85. The summed E-state index contributed by atoms with van der Waals surface area (Å²) in [4.78, 5) is 21.2. The van der Waals surface area contributed by atoms with E-state index in [0.717, 1.165) is 69.2 Å². The van der Waals surface area contributed by atoms with E-state index in [1.54, 1.807) is 6.20 Å². The van der Waals surface area contributed by atoms with Crippen LogP contribution in [0.25, 0.3) is 0 Å². The standard InChI is InChI=1S/C27H42BrN3O4/c1-26(2,3)35-25(32)30-12-7-19(8-13-30)27(4,5)31-14-9-21(10-15-31)33-22-17-23(18-22)34-24-16-20(28)6-11-29-24/h6,11,16,19,21-23H,7-10,12-15,17-18H2,1-5H3. The molecule has 0 radical (unpaired) electrons. The van der Waals surface area contributed by atoms with Crippen molar-refractivity contribution in [1.82, 2.24) is 14.8 Å². The monoisotopic (exact) mass is 551 g/mol. The van der Waals surface area contributed by atoms with Crippen molar-refractivity contribution in [3.05, 3.63) is 22.8 Å². The largest absolute Gasteiger partial charge is 0.474 e. The molecule has 0 bridgehead atoms. The Morgan fingerprint density at radius 1 is 0.971 bits per heavy atom. The van der Waals surface area contributed by atoms with Gasteiger partial charge in [-0.2, -0.15) is 0 Å². The number of amides is 1. The molecular formula is C27H42BrN3O4.